The van der Waals surface area contributed by atoms with E-state index in [1.807, 2.05) is 94.6 Å². The number of aliphatic imine (C=N–C) groups is 1. The average Bonchev–Trinajstić information content (AvgIpc) is 1.58. The number of nitrogens with zero attached hydrogens (tertiary/aromatic N) is 15. The first-order chi connectivity index (χ1) is 68.9. The number of rotatable bonds is 44. The summed E-state index contributed by atoms with van der Waals surface area (Å²) in [6.07, 6.45) is 5.10. The Bertz CT molecular complexity index is 6870. The van der Waals surface area contributed by atoms with Gasteiger partial charge in [-0.15, -0.1) is 38.0 Å². The van der Waals surface area contributed by atoms with E-state index in [9.17, 15) is 67.4 Å². The molecule has 2 aliphatic heterocycles. The largest absolute Gasteiger partial charge is 0.481 e. The number of carbonyl (C=O) groups is 11. The minimum Gasteiger partial charge on any atom is -0.481 e. The molecule has 1 saturated heterocycles. The van der Waals surface area contributed by atoms with Gasteiger partial charge in [-0.25, -0.2) is 34.5 Å². The summed E-state index contributed by atoms with van der Waals surface area (Å²) in [5.41, 5.74) is 20.6. The number of anilines is 4. The topological polar surface area (TPSA) is 660 Å². The minimum atomic E-state index is -1.38. The number of aryl methyl sites for hydroxylation is 4. The van der Waals surface area contributed by atoms with Crippen molar-refractivity contribution in [3.05, 3.63) is 220 Å². The number of nitrogens with one attached hydrogen (secondary N) is 11. The molecule has 49 heteroatoms. The Hall–Kier alpha value is -15.8. The molecule has 0 unspecified atom stereocenters. The van der Waals surface area contributed by atoms with Gasteiger partial charge in [-0.1, -0.05) is 74.0 Å². The molecule has 144 heavy (non-hydrogen) atoms. The first-order valence-electron chi connectivity index (χ1n) is 46.0. The van der Waals surface area contributed by atoms with Crippen LogP contribution in [0.5, 0.6) is 0 Å². The number of ether oxygens (including phenoxy) is 2. The lowest BCUT2D eigenvalue weighted by Gasteiger charge is -2.35. The van der Waals surface area contributed by atoms with Gasteiger partial charge in [0.2, 0.25) is 47.3 Å². The van der Waals surface area contributed by atoms with Gasteiger partial charge in [0, 0.05) is 102 Å². The van der Waals surface area contributed by atoms with Crippen molar-refractivity contribution >= 4 is 151 Å². The Balaban J connectivity index is 0.000000459. The van der Waals surface area contributed by atoms with Crippen LogP contribution in [0.4, 0.5) is 23.3 Å². The van der Waals surface area contributed by atoms with Crippen LogP contribution in [0.15, 0.2) is 136 Å². The van der Waals surface area contributed by atoms with E-state index < -0.39 is 112 Å². The number of nitrogens with two attached hydrogens (primary N) is 2. The van der Waals surface area contributed by atoms with Gasteiger partial charge >= 0.3 is 17.9 Å². The van der Waals surface area contributed by atoms with Crippen molar-refractivity contribution in [2.45, 2.75) is 188 Å². The maximum absolute atomic E-state index is 14.9. The highest BCUT2D eigenvalue weighted by Gasteiger charge is 2.46. The van der Waals surface area contributed by atoms with Crippen LogP contribution < -0.4 is 70.4 Å². The number of carboxylic acids is 3. The van der Waals surface area contributed by atoms with Crippen LogP contribution in [0.2, 0.25) is 5.02 Å². The van der Waals surface area contributed by atoms with Crippen LogP contribution in [-0.2, 0) is 78.8 Å². The number of hydrogen-bond acceptors (Lipinski definition) is 33. The SMILES string of the molecule is Cc1ncsc1-c1ccc([C@H](C)NC(=O)[C@@H]2C[C@@H](NC(=O)CCCCn3cc(CNC(=O)CC[C@H](NC(=O)c4ccc(NCc5cnc6nc(N)[nH]c(=O)c6n5)cc4)C(=O)O)nn3)CN2C(=O)[C@@H](NC(=O)COCCCOCCNC(=O)C[C@@H]2N=C(c3ccc(Cl)cc3)c3c(sc(C)c3C)-n3c(C)nnc32)C(C)(C)C)cc1.Nc1nc2ncc(CNc3ccc(C(=O)N[C@@H](CCC(=O)O)C(=O)O)cc3)nc2c(=O)[nH]1. The number of H-pyrrole nitrogens is 2. The molecule has 10 heterocycles. The number of thiazole rings is 1. The molecule has 2 aliphatic rings. The second-order valence-electron chi connectivity index (χ2n) is 35.2. The van der Waals surface area contributed by atoms with Crippen molar-refractivity contribution in [3.8, 4) is 15.4 Å². The predicted molar refractivity (Wildman–Crippen MR) is 531 cm³/mol. The number of likely N-dealkylation sites (tertiary alicyclic amines) is 1. The quantitative estimate of drug-likeness (QED) is 0.0179. The lowest BCUT2D eigenvalue weighted by atomic mass is 9.85. The summed E-state index contributed by atoms with van der Waals surface area (Å²) in [5.74, 6) is -6.47. The van der Waals surface area contributed by atoms with Gasteiger partial charge in [0.15, 0.2) is 28.2 Å². The Morgan fingerprint density at radius 2 is 1.22 bits per heavy atom. The summed E-state index contributed by atoms with van der Waals surface area (Å²) in [6, 6.07) is 21.2. The zero-order chi connectivity index (χ0) is 103. The fourth-order valence-corrected chi connectivity index (χ4v) is 17.9. The molecule has 0 saturated carbocycles. The molecule has 4 aromatic carbocycles. The van der Waals surface area contributed by atoms with Crippen molar-refractivity contribution in [2.75, 3.05) is 61.6 Å². The lowest BCUT2D eigenvalue weighted by molar-refractivity contribution is -0.144. The van der Waals surface area contributed by atoms with Crippen molar-refractivity contribution in [1.82, 2.24) is 117 Å². The number of unbranched alkanes of at least 4 members (excludes halogenated alkanes) is 1. The number of carboxylic acid groups (broad SMARTS) is 3. The van der Waals surface area contributed by atoms with Crippen LogP contribution in [0, 0.1) is 33.1 Å². The molecule has 18 N–H and O–H groups in total. The Kier molecular flexibility index (Phi) is 35.6. The van der Waals surface area contributed by atoms with Crippen molar-refractivity contribution in [2.24, 2.45) is 10.4 Å². The maximum Gasteiger partial charge on any atom is 0.326 e. The summed E-state index contributed by atoms with van der Waals surface area (Å²) >= 11 is 9.45. The molecule has 0 radical (unpaired) electrons. The monoisotopic (exact) mass is 2030 g/mol. The van der Waals surface area contributed by atoms with Gasteiger partial charge in [0.05, 0.1) is 90.5 Å². The van der Waals surface area contributed by atoms with E-state index >= 15 is 0 Å². The van der Waals surface area contributed by atoms with E-state index in [0.717, 1.165) is 54.0 Å². The lowest BCUT2D eigenvalue weighted by Crippen LogP contribution is -2.58. The van der Waals surface area contributed by atoms with E-state index in [1.165, 1.54) is 52.9 Å². The molecule has 0 aliphatic carbocycles. The highest BCUT2D eigenvalue weighted by atomic mass is 35.5. The highest BCUT2D eigenvalue weighted by molar-refractivity contribution is 7.15. The van der Waals surface area contributed by atoms with E-state index in [0.29, 0.717) is 70.9 Å². The number of thiophene rings is 1. The number of aromatic amines is 2. The third-order valence-electron chi connectivity index (χ3n) is 23.4. The number of aliphatic carboxylic acids is 3. The van der Waals surface area contributed by atoms with Crippen molar-refractivity contribution in [1.29, 1.82) is 0 Å². The number of halogens is 1. The highest BCUT2D eigenvalue weighted by Crippen LogP contribution is 2.40. The molecule has 1 fully saturated rings. The molecule has 8 aromatic heterocycles. The van der Waals surface area contributed by atoms with Gasteiger partial charge in [-0.3, -0.25) is 76.9 Å². The summed E-state index contributed by atoms with van der Waals surface area (Å²) < 4.78 is 15.1. The molecule has 756 valence electrons. The summed E-state index contributed by atoms with van der Waals surface area (Å²) in [7, 11) is 0. The molecule has 8 amide bonds. The molecule has 0 spiro atoms. The van der Waals surface area contributed by atoms with Gasteiger partial charge in [0.25, 0.3) is 22.9 Å². The molecular weight excluding hydrogens is 1920 g/mol. The number of fused-ring (bicyclic) bond motifs is 5. The fraction of sp³-hybridized carbons (Fsp3) is 0.379. The van der Waals surface area contributed by atoms with Gasteiger partial charge in [-0.05, 0) is 156 Å². The van der Waals surface area contributed by atoms with Crippen LogP contribution in [0.1, 0.15) is 186 Å². The van der Waals surface area contributed by atoms with Crippen LogP contribution in [0.25, 0.3) is 37.8 Å². The summed E-state index contributed by atoms with van der Waals surface area (Å²) in [6.45, 7) is 16.5. The van der Waals surface area contributed by atoms with E-state index in [2.05, 4.69) is 127 Å². The first kappa shape index (κ1) is 106. The van der Waals surface area contributed by atoms with E-state index in [-0.39, 0.29) is 161 Å². The third-order valence-corrected chi connectivity index (χ3v) is 25.8. The fourth-order valence-electron chi connectivity index (χ4n) is 15.7. The number of amides is 8. The van der Waals surface area contributed by atoms with Gasteiger partial charge in [-0.2, -0.15) is 9.97 Å². The van der Waals surface area contributed by atoms with Crippen molar-refractivity contribution in [3.63, 3.8) is 0 Å². The molecule has 46 nitrogen and oxygen atoms in total. The van der Waals surface area contributed by atoms with Crippen LogP contribution >= 0.6 is 34.3 Å². The number of nitrogen functional groups attached to an aromatic ring is 2. The van der Waals surface area contributed by atoms with Crippen LogP contribution in [-0.4, -0.2) is 235 Å². The maximum atomic E-state index is 14.9. The molecular formula is C95H109ClN28O18S2. The van der Waals surface area contributed by atoms with Crippen molar-refractivity contribution < 1.29 is 77.5 Å². The van der Waals surface area contributed by atoms with E-state index in [4.69, 9.17) is 47.7 Å². The Labute approximate surface area is 835 Å². The normalized spacial score (nSPS) is 14.6. The zero-order valence-corrected chi connectivity index (χ0v) is 82.1. The second kappa shape index (κ2) is 48.6. The number of carbonyl (C=O) groups excluding carboxylic acids is 8. The zero-order valence-electron chi connectivity index (χ0n) is 79.8. The number of hydrogen-bond donors (Lipinski definition) is 16. The summed E-state index contributed by atoms with van der Waals surface area (Å²) in [5, 5.41) is 72.1. The number of aromatic nitrogens is 15. The predicted octanol–water partition coefficient (Wildman–Crippen LogP) is 6.57. The standard InChI is InChI=1S/C76H90ClN21O12S2.C19H19N7O6/c1-41-44(4)112-73-62(41)63(47-17-21-50(77)22-18-47)87-56(68-94-92-45(5)98(68)73)33-60(101)79-27-31-109-29-11-30-110-39-61(102)89-66(76(6,7)8)72(106)97-38-52(32-57(97)70(104)84-42(2)46-13-15-48(16-14-46)65-43(3)83-40-111-65)85-59(100)12-9-10-28-96-37-54(93-95-96)36-81-58(99)26-25-55(74(107)108)88-69(103)49-19-23-51(24-20-49)80-34-53-35-82-67-64(86-53)71(105)91-75(78)90-67;20-19-25-15-14(17(30)26-19)23-11(8-22-15)7-21-10-3-1-9(2-4-10)16(29)24-12(18(31)32)5-6-13(27)28/h13-24,35,37,40,42,52,55-57,66,80H,9-12,25-34,36,38-39H2,1-8H3,(H,79,101)(H,81,99)(H,84,104)(H,85,100)(H,88,103)(H,89,102)(H,107,108)(H3,78,82,90,91,105);1-4,8,12,21H,5-7H2,(H,24,29)(H,27,28)(H,31,32)(H3,20,22,25,26,30)/t42-,52+,55-,56-,57-,66+;12-/m00/s1. The van der Waals surface area contributed by atoms with E-state index in [1.54, 1.807) is 52.0 Å². The molecule has 7 atom stereocenters. The number of benzene rings is 4. The molecule has 14 rings (SSSR count). The Morgan fingerprint density at radius 3 is 1.81 bits per heavy atom. The smallest absolute Gasteiger partial charge is 0.326 e. The summed E-state index contributed by atoms with van der Waals surface area (Å²) in [4.78, 5) is 209. The molecule has 12 aromatic rings. The third kappa shape index (κ3) is 28.3. The van der Waals surface area contributed by atoms with Crippen LogP contribution in [0.3, 0.4) is 0 Å². The van der Waals surface area contributed by atoms with Gasteiger partial charge < -0.3 is 89.0 Å². The van der Waals surface area contributed by atoms with Gasteiger partial charge in [0.1, 0.15) is 53.3 Å². The minimum absolute atomic E-state index is 0.00967. The molecule has 0 bridgehead atoms. The Morgan fingerprint density at radius 1 is 0.625 bits per heavy atom. The first-order valence-corrected chi connectivity index (χ1v) is 48.1. The second-order valence-corrected chi connectivity index (χ2v) is 37.7. The average molecular weight is 2030 g/mol.